The lowest BCUT2D eigenvalue weighted by Gasteiger charge is -2.16. The Hall–Kier alpha value is -1.96. The zero-order valence-electron chi connectivity index (χ0n) is 14.6. The lowest BCUT2D eigenvalue weighted by molar-refractivity contribution is 0.0954. The monoisotopic (exact) mass is 410 g/mol. The maximum atomic E-state index is 13.6. The number of amides is 1. The molecule has 1 heterocycles. The highest BCUT2D eigenvalue weighted by Crippen LogP contribution is 2.25. The highest BCUT2D eigenvalue weighted by molar-refractivity contribution is 7.89. The van der Waals surface area contributed by atoms with Crippen LogP contribution in [0.1, 0.15) is 28.8 Å². The highest BCUT2D eigenvalue weighted by Gasteiger charge is 2.28. The molecule has 8 heteroatoms. The highest BCUT2D eigenvalue weighted by atomic mass is 35.5. The van der Waals surface area contributed by atoms with Gasteiger partial charge in [-0.3, -0.25) is 4.79 Å². The minimum absolute atomic E-state index is 0.0491. The van der Waals surface area contributed by atoms with Gasteiger partial charge in [0, 0.05) is 19.6 Å². The fourth-order valence-corrected chi connectivity index (χ4v) is 4.77. The molecule has 0 atom stereocenters. The third kappa shape index (κ3) is 4.48. The molecule has 0 aromatic heterocycles. The van der Waals surface area contributed by atoms with Crippen LogP contribution in [-0.2, 0) is 16.4 Å². The summed E-state index contributed by atoms with van der Waals surface area (Å²) >= 11 is 6.09. The Morgan fingerprint density at radius 1 is 1.15 bits per heavy atom. The van der Waals surface area contributed by atoms with Crippen LogP contribution in [0, 0.1) is 5.82 Å². The van der Waals surface area contributed by atoms with E-state index in [1.807, 2.05) is 0 Å². The summed E-state index contributed by atoms with van der Waals surface area (Å²) in [5, 5.41) is 2.83. The first kappa shape index (κ1) is 19.8. The van der Waals surface area contributed by atoms with E-state index >= 15 is 0 Å². The molecule has 0 radical (unpaired) electrons. The summed E-state index contributed by atoms with van der Waals surface area (Å²) in [5.41, 5.74) is 0.583. The summed E-state index contributed by atoms with van der Waals surface area (Å²) in [6, 6.07) is 10.5. The van der Waals surface area contributed by atoms with E-state index in [1.54, 1.807) is 18.2 Å². The van der Waals surface area contributed by atoms with Crippen LogP contribution in [0.4, 0.5) is 4.39 Å². The van der Waals surface area contributed by atoms with Crippen molar-refractivity contribution in [3.05, 3.63) is 64.4 Å². The summed E-state index contributed by atoms with van der Waals surface area (Å²) < 4.78 is 40.4. The largest absolute Gasteiger partial charge is 0.352 e. The molecule has 5 nitrogen and oxygen atoms in total. The van der Waals surface area contributed by atoms with Gasteiger partial charge in [0.25, 0.3) is 5.91 Å². The first-order valence-electron chi connectivity index (χ1n) is 8.71. The molecule has 0 bridgehead atoms. The number of sulfonamides is 1. The molecular weight excluding hydrogens is 391 g/mol. The van der Waals surface area contributed by atoms with E-state index in [1.165, 1.54) is 28.6 Å². The van der Waals surface area contributed by atoms with Crippen molar-refractivity contribution in [2.45, 2.75) is 24.2 Å². The van der Waals surface area contributed by atoms with Gasteiger partial charge in [-0.25, -0.2) is 12.8 Å². The lowest BCUT2D eigenvalue weighted by Crippen LogP contribution is -2.29. The molecule has 1 N–H and O–H groups in total. The zero-order valence-corrected chi connectivity index (χ0v) is 16.2. The van der Waals surface area contributed by atoms with Crippen LogP contribution in [0.25, 0.3) is 0 Å². The third-order valence-corrected chi connectivity index (χ3v) is 6.75. The Morgan fingerprint density at radius 3 is 2.56 bits per heavy atom. The second-order valence-electron chi connectivity index (χ2n) is 6.35. The van der Waals surface area contributed by atoms with Gasteiger partial charge in [-0.2, -0.15) is 4.31 Å². The quantitative estimate of drug-likeness (QED) is 0.795. The molecule has 1 amide bonds. The predicted octanol–water partition coefficient (Wildman–Crippen LogP) is 3.24. The average molecular weight is 411 g/mol. The van der Waals surface area contributed by atoms with Gasteiger partial charge < -0.3 is 5.32 Å². The molecule has 0 saturated carbocycles. The second-order valence-corrected chi connectivity index (χ2v) is 8.70. The van der Waals surface area contributed by atoms with Crippen molar-refractivity contribution in [1.29, 1.82) is 0 Å². The zero-order chi connectivity index (χ0) is 19.4. The van der Waals surface area contributed by atoms with Crippen LogP contribution in [0.2, 0.25) is 5.02 Å². The smallest absolute Gasteiger partial charge is 0.252 e. The normalized spacial score (nSPS) is 15.0. The molecule has 0 spiro atoms. The van der Waals surface area contributed by atoms with Gasteiger partial charge in [-0.05, 0) is 49.1 Å². The van der Waals surface area contributed by atoms with Gasteiger partial charge in [0.2, 0.25) is 10.0 Å². The number of benzene rings is 2. The number of halogens is 2. The average Bonchev–Trinajstić information content (AvgIpc) is 3.19. The van der Waals surface area contributed by atoms with E-state index in [0.29, 0.717) is 25.1 Å². The van der Waals surface area contributed by atoms with E-state index in [9.17, 15) is 17.6 Å². The number of hydrogen-bond acceptors (Lipinski definition) is 3. The summed E-state index contributed by atoms with van der Waals surface area (Å²) in [7, 11) is -3.64. The van der Waals surface area contributed by atoms with Crippen molar-refractivity contribution in [2.24, 2.45) is 0 Å². The van der Waals surface area contributed by atoms with Crippen LogP contribution in [0.5, 0.6) is 0 Å². The van der Waals surface area contributed by atoms with Crippen LogP contribution >= 0.6 is 11.6 Å². The number of nitrogens with zero attached hydrogens (tertiary/aromatic N) is 1. The van der Waals surface area contributed by atoms with E-state index in [0.717, 1.165) is 12.8 Å². The van der Waals surface area contributed by atoms with Gasteiger partial charge in [0.15, 0.2) is 0 Å². The molecule has 144 valence electrons. The third-order valence-electron chi connectivity index (χ3n) is 4.52. The van der Waals surface area contributed by atoms with Gasteiger partial charge >= 0.3 is 0 Å². The van der Waals surface area contributed by atoms with Crippen molar-refractivity contribution in [3.63, 3.8) is 0 Å². The number of carbonyl (C=O) groups excluding carboxylic acids is 1. The summed E-state index contributed by atoms with van der Waals surface area (Å²) in [6.45, 7) is 1.17. The first-order valence-corrected chi connectivity index (χ1v) is 10.5. The number of nitrogens with one attached hydrogen (secondary N) is 1. The standard InChI is InChI=1S/C19H20ClFN2O3S/c20-17-8-7-15(27(25,26)23-11-3-4-12-23)13-16(17)19(24)22-10-9-14-5-1-2-6-18(14)21/h1-2,5-8,13H,3-4,9-12H2,(H,22,24). The molecule has 0 aliphatic carbocycles. The molecule has 27 heavy (non-hydrogen) atoms. The van der Waals surface area contributed by atoms with E-state index in [4.69, 9.17) is 11.6 Å². The summed E-state index contributed by atoms with van der Waals surface area (Å²) in [5.74, 6) is -0.821. The molecule has 0 unspecified atom stereocenters. The molecule has 2 aromatic carbocycles. The van der Waals surface area contributed by atoms with Crippen molar-refractivity contribution >= 4 is 27.5 Å². The molecule has 3 rings (SSSR count). The Balaban J connectivity index is 1.72. The van der Waals surface area contributed by atoms with E-state index in [-0.39, 0.29) is 27.8 Å². The Kier molecular flexibility index (Phi) is 6.14. The fourth-order valence-electron chi connectivity index (χ4n) is 3.02. The van der Waals surface area contributed by atoms with Gasteiger partial charge in [-0.1, -0.05) is 29.8 Å². The van der Waals surface area contributed by atoms with E-state index < -0.39 is 15.9 Å². The van der Waals surface area contributed by atoms with E-state index in [2.05, 4.69) is 5.32 Å². The molecule has 1 aliphatic heterocycles. The number of hydrogen-bond donors (Lipinski definition) is 1. The molecule has 1 fully saturated rings. The van der Waals surface area contributed by atoms with Crippen molar-refractivity contribution in [2.75, 3.05) is 19.6 Å². The van der Waals surface area contributed by atoms with Crippen molar-refractivity contribution in [3.8, 4) is 0 Å². The maximum absolute atomic E-state index is 13.6. The molecular formula is C19H20ClFN2O3S. The number of carbonyl (C=O) groups is 1. The van der Waals surface area contributed by atoms with Crippen LogP contribution < -0.4 is 5.32 Å². The van der Waals surface area contributed by atoms with Gasteiger partial charge in [-0.15, -0.1) is 0 Å². The minimum Gasteiger partial charge on any atom is -0.352 e. The van der Waals surface area contributed by atoms with Gasteiger partial charge in [0.1, 0.15) is 5.82 Å². The Labute approximate surface area is 163 Å². The first-order chi connectivity index (χ1) is 12.9. The Bertz CT molecular complexity index is 944. The number of rotatable bonds is 6. The Morgan fingerprint density at radius 2 is 1.85 bits per heavy atom. The molecule has 2 aromatic rings. The lowest BCUT2D eigenvalue weighted by atomic mass is 10.1. The topological polar surface area (TPSA) is 66.5 Å². The second kappa shape index (κ2) is 8.37. The van der Waals surface area contributed by atoms with Crippen LogP contribution in [0.3, 0.4) is 0 Å². The summed E-state index contributed by atoms with van der Waals surface area (Å²) in [6.07, 6.45) is 1.98. The molecule has 1 aliphatic rings. The van der Waals surface area contributed by atoms with Crippen LogP contribution in [-0.4, -0.2) is 38.3 Å². The minimum atomic E-state index is -3.64. The van der Waals surface area contributed by atoms with Gasteiger partial charge in [0.05, 0.1) is 15.5 Å². The SMILES string of the molecule is O=C(NCCc1ccccc1F)c1cc(S(=O)(=O)N2CCCC2)ccc1Cl. The van der Waals surface area contributed by atoms with Crippen molar-refractivity contribution in [1.82, 2.24) is 9.62 Å². The molecule has 1 saturated heterocycles. The predicted molar refractivity (Wildman–Crippen MR) is 102 cm³/mol. The summed E-state index contributed by atoms with van der Waals surface area (Å²) in [4.78, 5) is 12.5. The fraction of sp³-hybridized carbons (Fsp3) is 0.316. The van der Waals surface area contributed by atoms with Crippen LogP contribution in [0.15, 0.2) is 47.4 Å². The maximum Gasteiger partial charge on any atom is 0.252 e. The van der Waals surface area contributed by atoms with Crippen molar-refractivity contribution < 1.29 is 17.6 Å².